The zero-order chi connectivity index (χ0) is 20.2. The molecule has 0 aliphatic carbocycles. The van der Waals surface area contributed by atoms with Crippen molar-refractivity contribution in [1.82, 2.24) is 0 Å². The van der Waals surface area contributed by atoms with Gasteiger partial charge in [0.1, 0.15) is 0 Å². The molecular formula is C17H16O8S2. The second-order valence-electron chi connectivity index (χ2n) is 5.55. The van der Waals surface area contributed by atoms with E-state index in [1.165, 1.54) is 12.1 Å². The van der Waals surface area contributed by atoms with Crippen LogP contribution in [0.4, 0.5) is 0 Å². The van der Waals surface area contributed by atoms with Crippen LogP contribution in [-0.2, 0) is 19.7 Å². The molecule has 144 valence electrons. The minimum Gasteiger partial charge on any atom is -0.504 e. The van der Waals surface area contributed by atoms with Crippen molar-refractivity contribution in [2.24, 2.45) is 0 Å². The van der Waals surface area contributed by atoms with Crippen LogP contribution in [0.2, 0.25) is 0 Å². The highest BCUT2D eigenvalue weighted by Crippen LogP contribution is 2.26. The third-order valence-electron chi connectivity index (χ3n) is 3.26. The van der Waals surface area contributed by atoms with E-state index in [2.05, 4.69) is 0 Å². The van der Waals surface area contributed by atoms with Gasteiger partial charge in [-0.2, -0.15) is 0 Å². The summed E-state index contributed by atoms with van der Waals surface area (Å²) in [6.07, 6.45) is 2.18. The van der Waals surface area contributed by atoms with Crippen molar-refractivity contribution in [3.05, 3.63) is 58.3 Å². The predicted molar refractivity (Wildman–Crippen MR) is 100 cm³/mol. The average Bonchev–Trinajstić information content (AvgIpc) is 2.56. The number of benzene rings is 2. The summed E-state index contributed by atoms with van der Waals surface area (Å²) in [6, 6.07) is 7.24. The first-order chi connectivity index (χ1) is 12.5. The molecule has 0 radical (unpaired) electrons. The maximum absolute atomic E-state index is 12.0. The van der Waals surface area contributed by atoms with Crippen molar-refractivity contribution in [2.45, 2.75) is 0 Å². The summed E-state index contributed by atoms with van der Waals surface area (Å²) >= 11 is 0. The summed E-state index contributed by atoms with van der Waals surface area (Å²) in [5, 5.41) is 37.3. The lowest BCUT2D eigenvalue weighted by Gasteiger charge is -2.01. The highest BCUT2D eigenvalue weighted by molar-refractivity contribution is 8.10. The van der Waals surface area contributed by atoms with Crippen molar-refractivity contribution in [1.29, 1.82) is 0 Å². The van der Waals surface area contributed by atoms with Gasteiger partial charge in [-0.05, 0) is 47.5 Å². The molecule has 0 aromatic heterocycles. The summed E-state index contributed by atoms with van der Waals surface area (Å²) in [5.41, 5.74) is 0.503. The van der Waals surface area contributed by atoms with Gasteiger partial charge < -0.3 is 20.4 Å². The van der Waals surface area contributed by atoms with Crippen LogP contribution in [0.15, 0.2) is 47.2 Å². The summed E-state index contributed by atoms with van der Waals surface area (Å²) < 4.78 is 48.0. The number of rotatable bonds is 6. The second-order valence-corrected chi connectivity index (χ2v) is 9.68. The van der Waals surface area contributed by atoms with Crippen molar-refractivity contribution < 1.29 is 37.3 Å². The van der Waals surface area contributed by atoms with Crippen molar-refractivity contribution in [3.63, 3.8) is 0 Å². The molecule has 2 aromatic carbocycles. The lowest BCUT2D eigenvalue weighted by Crippen LogP contribution is -2.11. The highest BCUT2D eigenvalue weighted by atomic mass is 32.3. The third-order valence-corrected chi connectivity index (χ3v) is 6.99. The number of aromatic hydroxyl groups is 4. The Kier molecular flexibility index (Phi) is 5.82. The van der Waals surface area contributed by atoms with Crippen molar-refractivity contribution >= 4 is 31.8 Å². The molecule has 0 aliphatic heterocycles. The van der Waals surface area contributed by atoms with E-state index in [9.17, 15) is 37.3 Å². The molecule has 0 spiro atoms. The Bertz CT molecular complexity index is 1020. The normalized spacial score (nSPS) is 12.7. The van der Waals surface area contributed by atoms with E-state index in [1.54, 1.807) is 0 Å². The molecule has 8 nitrogen and oxygen atoms in total. The van der Waals surface area contributed by atoms with Gasteiger partial charge in [-0.15, -0.1) is 0 Å². The van der Waals surface area contributed by atoms with E-state index in [0.29, 0.717) is 10.8 Å². The maximum Gasteiger partial charge on any atom is 0.186 e. The number of hydrogen-bond donors (Lipinski definition) is 4. The lowest BCUT2D eigenvalue weighted by molar-refractivity contribution is 0.403. The Hall–Kier alpha value is -2.98. The molecule has 4 N–H and O–H groups in total. The van der Waals surface area contributed by atoms with Crippen LogP contribution < -0.4 is 0 Å². The zero-order valence-corrected chi connectivity index (χ0v) is 15.4. The van der Waals surface area contributed by atoms with Gasteiger partial charge in [0, 0.05) is 10.8 Å². The van der Waals surface area contributed by atoms with Crippen LogP contribution in [0.25, 0.3) is 12.2 Å². The topological polar surface area (TPSA) is 149 Å². The predicted octanol–water partition coefficient (Wildman–Crippen LogP) is 1.94. The minimum atomic E-state index is -4.13. The Morgan fingerprint density at radius 3 is 1.33 bits per heavy atom. The second kappa shape index (κ2) is 7.72. The Morgan fingerprint density at radius 2 is 1.00 bits per heavy atom. The van der Waals surface area contributed by atoms with Gasteiger partial charge in [0.05, 0.1) is 0 Å². The molecule has 0 aliphatic rings. The Morgan fingerprint density at radius 1 is 0.630 bits per heavy atom. The monoisotopic (exact) mass is 412 g/mol. The van der Waals surface area contributed by atoms with Crippen LogP contribution in [0.3, 0.4) is 0 Å². The van der Waals surface area contributed by atoms with Gasteiger partial charge in [0.2, 0.25) is 0 Å². The molecule has 0 bridgehead atoms. The lowest BCUT2D eigenvalue weighted by atomic mass is 10.2. The van der Waals surface area contributed by atoms with Crippen LogP contribution in [0, 0.1) is 0 Å². The van der Waals surface area contributed by atoms with E-state index in [0.717, 1.165) is 36.4 Å². The van der Waals surface area contributed by atoms with Gasteiger partial charge >= 0.3 is 0 Å². The Balaban J connectivity index is 2.14. The quantitative estimate of drug-likeness (QED) is 0.526. The van der Waals surface area contributed by atoms with Gasteiger partial charge in [-0.3, -0.25) is 0 Å². The SMILES string of the molecule is O=S(=O)(C=Cc1ccc(O)c(O)c1)CS(=O)(=O)C=Cc1ccc(O)c(O)c1. The maximum atomic E-state index is 12.0. The minimum absolute atomic E-state index is 0.251. The van der Waals surface area contributed by atoms with Gasteiger partial charge in [-0.25, -0.2) is 16.8 Å². The van der Waals surface area contributed by atoms with E-state index in [-0.39, 0.29) is 22.6 Å². The van der Waals surface area contributed by atoms with Crippen LogP contribution in [0.5, 0.6) is 23.0 Å². The van der Waals surface area contributed by atoms with E-state index >= 15 is 0 Å². The first-order valence-corrected chi connectivity index (χ1v) is 10.8. The standard InChI is InChI=1S/C17H16O8S2/c18-14-3-1-12(9-16(14)20)5-7-26(22,23)11-27(24,25)8-6-13-2-4-15(19)17(21)10-13/h1-10,18-21H,11H2. The molecule has 10 heteroatoms. The molecule has 0 amide bonds. The molecule has 0 heterocycles. The summed E-state index contributed by atoms with van der Waals surface area (Å²) in [5.74, 6) is -1.63. The molecule has 0 fully saturated rings. The highest BCUT2D eigenvalue weighted by Gasteiger charge is 2.17. The zero-order valence-electron chi connectivity index (χ0n) is 13.7. The van der Waals surface area contributed by atoms with Crippen molar-refractivity contribution in [2.75, 3.05) is 5.08 Å². The molecule has 0 unspecified atom stereocenters. The van der Waals surface area contributed by atoms with Crippen LogP contribution >= 0.6 is 0 Å². The molecule has 0 saturated carbocycles. The van der Waals surface area contributed by atoms with E-state index in [1.807, 2.05) is 0 Å². The first kappa shape index (κ1) is 20.3. The molecule has 2 aromatic rings. The molecule has 0 saturated heterocycles. The smallest absolute Gasteiger partial charge is 0.186 e. The van der Waals surface area contributed by atoms with E-state index in [4.69, 9.17) is 0 Å². The number of sulfone groups is 2. The number of hydrogen-bond acceptors (Lipinski definition) is 8. The van der Waals surface area contributed by atoms with Gasteiger partial charge in [0.15, 0.2) is 47.8 Å². The fourth-order valence-electron chi connectivity index (χ4n) is 1.96. The summed E-state index contributed by atoms with van der Waals surface area (Å²) in [6.45, 7) is 0. The van der Waals surface area contributed by atoms with Crippen LogP contribution in [-0.4, -0.2) is 42.3 Å². The van der Waals surface area contributed by atoms with Crippen LogP contribution in [0.1, 0.15) is 11.1 Å². The molecule has 2 rings (SSSR count). The third kappa shape index (κ3) is 6.04. The number of phenolic OH excluding ortho intramolecular Hbond substituents is 4. The average molecular weight is 412 g/mol. The summed E-state index contributed by atoms with van der Waals surface area (Å²) in [7, 11) is -8.27. The molecule has 27 heavy (non-hydrogen) atoms. The van der Waals surface area contributed by atoms with Gasteiger partial charge in [0.25, 0.3) is 0 Å². The fourth-order valence-corrected chi connectivity index (χ4v) is 5.15. The van der Waals surface area contributed by atoms with Gasteiger partial charge in [-0.1, -0.05) is 12.1 Å². The molecule has 0 atom stereocenters. The van der Waals surface area contributed by atoms with Crippen molar-refractivity contribution in [3.8, 4) is 23.0 Å². The molecular weight excluding hydrogens is 396 g/mol. The fraction of sp³-hybridized carbons (Fsp3) is 0.0588. The largest absolute Gasteiger partial charge is 0.504 e. The number of phenols is 4. The van der Waals surface area contributed by atoms with E-state index < -0.39 is 36.3 Å². The first-order valence-electron chi connectivity index (χ1n) is 7.33. The summed E-state index contributed by atoms with van der Waals surface area (Å²) in [4.78, 5) is 0. The Labute approximate surface area is 155 Å².